The summed E-state index contributed by atoms with van der Waals surface area (Å²) in [6, 6.07) is 12.2. The van der Waals surface area contributed by atoms with E-state index in [-0.39, 0.29) is 34.2 Å². The molecule has 0 radical (unpaired) electrons. The number of pyridine rings is 1. The molecule has 166 valence electrons. The van der Waals surface area contributed by atoms with Crippen LogP contribution in [-0.4, -0.2) is 40.4 Å². The van der Waals surface area contributed by atoms with Crippen LogP contribution in [-0.2, 0) is 13.1 Å². The van der Waals surface area contributed by atoms with Gasteiger partial charge in [0.05, 0.1) is 29.1 Å². The highest BCUT2D eigenvalue weighted by atomic mass is 16.6. The zero-order valence-electron chi connectivity index (χ0n) is 17.7. The molecule has 0 unspecified atom stereocenters. The van der Waals surface area contributed by atoms with E-state index >= 15 is 0 Å². The molecule has 2 fully saturated rings. The van der Waals surface area contributed by atoms with Gasteiger partial charge in [0.25, 0.3) is 11.3 Å². The number of nitro groups is 1. The van der Waals surface area contributed by atoms with Gasteiger partial charge in [-0.05, 0) is 30.9 Å². The third-order valence-corrected chi connectivity index (χ3v) is 6.41. The van der Waals surface area contributed by atoms with Crippen molar-refractivity contribution in [2.24, 2.45) is 5.92 Å². The average Bonchev–Trinajstić information content (AvgIpc) is 3.64. The number of nitro benzene ring substituents is 1. The smallest absolute Gasteiger partial charge is 0.346 e. The lowest BCUT2D eigenvalue weighted by molar-refractivity contribution is -0.719. The highest BCUT2D eigenvalue weighted by Gasteiger charge is 2.29. The van der Waals surface area contributed by atoms with E-state index in [0.29, 0.717) is 50.0 Å². The molecular formula is C23H25N5O4. The Morgan fingerprint density at radius 1 is 1.03 bits per heavy atom. The summed E-state index contributed by atoms with van der Waals surface area (Å²) in [5.41, 5.74) is 1.36. The Labute approximate surface area is 184 Å². The predicted octanol–water partition coefficient (Wildman–Crippen LogP) is 1.30. The highest BCUT2D eigenvalue weighted by Crippen LogP contribution is 2.30. The Morgan fingerprint density at radius 3 is 2.47 bits per heavy atom. The molecule has 0 N–H and O–H groups in total. The summed E-state index contributed by atoms with van der Waals surface area (Å²) in [5, 5.41) is 24.6. The van der Waals surface area contributed by atoms with Gasteiger partial charge in [-0.1, -0.05) is 18.2 Å². The van der Waals surface area contributed by atoms with Crippen LogP contribution in [0.5, 0.6) is 5.88 Å². The molecule has 32 heavy (non-hydrogen) atoms. The van der Waals surface area contributed by atoms with Crippen molar-refractivity contribution in [2.75, 3.05) is 31.1 Å². The molecule has 3 aromatic rings. The molecule has 2 aromatic heterocycles. The number of anilines is 1. The van der Waals surface area contributed by atoms with E-state index in [0.717, 1.165) is 12.8 Å². The molecule has 1 aliphatic carbocycles. The van der Waals surface area contributed by atoms with Crippen LogP contribution in [0, 0.1) is 16.0 Å². The highest BCUT2D eigenvalue weighted by molar-refractivity contribution is 5.63. The molecule has 1 aromatic carbocycles. The Morgan fingerprint density at radius 2 is 1.75 bits per heavy atom. The van der Waals surface area contributed by atoms with E-state index in [4.69, 9.17) is 0 Å². The SMILES string of the molecule is O=c1c(CN2CCN(c3ccccc3[N+](=O)[O-])CC2)c([O-])[n+](CC2CC2)c2ccccn12. The summed E-state index contributed by atoms with van der Waals surface area (Å²) >= 11 is 0. The molecular weight excluding hydrogens is 410 g/mol. The van der Waals surface area contributed by atoms with Crippen LogP contribution in [0.1, 0.15) is 18.4 Å². The van der Waals surface area contributed by atoms with Crippen LogP contribution in [0.3, 0.4) is 0 Å². The number of piperazine rings is 1. The summed E-state index contributed by atoms with van der Waals surface area (Å²) in [6.07, 6.45) is 3.96. The fraction of sp³-hybridized carbons (Fsp3) is 0.391. The normalized spacial score (nSPS) is 17.1. The van der Waals surface area contributed by atoms with Crippen molar-refractivity contribution in [3.8, 4) is 5.88 Å². The van der Waals surface area contributed by atoms with Crippen molar-refractivity contribution in [3.05, 3.63) is 74.7 Å². The van der Waals surface area contributed by atoms with Crippen molar-refractivity contribution in [2.45, 2.75) is 25.9 Å². The fourth-order valence-corrected chi connectivity index (χ4v) is 4.46. The summed E-state index contributed by atoms with van der Waals surface area (Å²) in [4.78, 5) is 28.2. The first-order valence-electron chi connectivity index (χ1n) is 11.0. The maximum absolute atomic E-state index is 13.3. The number of benzene rings is 1. The molecule has 1 aliphatic heterocycles. The zero-order chi connectivity index (χ0) is 22.2. The number of fused-ring (bicyclic) bond motifs is 1. The number of rotatable bonds is 6. The Hall–Kier alpha value is -3.46. The number of aromatic nitrogens is 2. The lowest BCUT2D eigenvalue weighted by atomic mass is 10.2. The van der Waals surface area contributed by atoms with Crippen LogP contribution in [0.4, 0.5) is 11.4 Å². The minimum absolute atomic E-state index is 0.0942. The van der Waals surface area contributed by atoms with Crippen molar-refractivity contribution >= 4 is 17.0 Å². The summed E-state index contributed by atoms with van der Waals surface area (Å²) < 4.78 is 3.32. The topological polar surface area (TPSA) is 98.0 Å². The lowest BCUT2D eigenvalue weighted by Gasteiger charge is -2.36. The van der Waals surface area contributed by atoms with E-state index in [1.54, 1.807) is 39.4 Å². The van der Waals surface area contributed by atoms with Crippen LogP contribution < -0.4 is 20.1 Å². The predicted molar refractivity (Wildman–Crippen MR) is 117 cm³/mol. The van der Waals surface area contributed by atoms with Gasteiger partial charge in [0.2, 0.25) is 0 Å². The third-order valence-electron chi connectivity index (χ3n) is 6.41. The van der Waals surface area contributed by atoms with Crippen LogP contribution in [0.2, 0.25) is 0 Å². The fourth-order valence-electron chi connectivity index (χ4n) is 4.46. The first kappa shape index (κ1) is 20.4. The second-order valence-electron chi connectivity index (χ2n) is 8.58. The summed E-state index contributed by atoms with van der Waals surface area (Å²) in [6.45, 7) is 3.35. The molecule has 3 heterocycles. The van der Waals surface area contributed by atoms with E-state index in [1.165, 1.54) is 6.07 Å². The van der Waals surface area contributed by atoms with Gasteiger partial charge in [-0.3, -0.25) is 15.0 Å². The monoisotopic (exact) mass is 435 g/mol. The van der Waals surface area contributed by atoms with Crippen LogP contribution >= 0.6 is 0 Å². The van der Waals surface area contributed by atoms with E-state index in [2.05, 4.69) is 4.90 Å². The number of hydrogen-bond donors (Lipinski definition) is 0. The molecule has 1 saturated carbocycles. The van der Waals surface area contributed by atoms with Gasteiger partial charge in [0, 0.05) is 44.9 Å². The van der Waals surface area contributed by atoms with Gasteiger partial charge >= 0.3 is 5.56 Å². The van der Waals surface area contributed by atoms with Crippen molar-refractivity contribution in [1.82, 2.24) is 9.30 Å². The molecule has 2 aliphatic rings. The van der Waals surface area contributed by atoms with Crippen molar-refractivity contribution in [1.29, 1.82) is 0 Å². The van der Waals surface area contributed by atoms with Gasteiger partial charge in [-0.25, -0.2) is 9.36 Å². The van der Waals surface area contributed by atoms with Crippen molar-refractivity contribution in [3.63, 3.8) is 0 Å². The Bertz CT molecular complexity index is 1230. The second-order valence-corrected chi connectivity index (χ2v) is 8.58. The molecule has 0 atom stereocenters. The summed E-state index contributed by atoms with van der Waals surface area (Å²) in [5.74, 6) is 0.307. The van der Waals surface area contributed by atoms with Gasteiger partial charge in [-0.2, -0.15) is 4.40 Å². The van der Waals surface area contributed by atoms with Gasteiger partial charge in [0.1, 0.15) is 5.69 Å². The molecule has 9 heteroatoms. The molecule has 0 amide bonds. The first-order valence-corrected chi connectivity index (χ1v) is 11.0. The van der Waals surface area contributed by atoms with Crippen LogP contribution in [0.25, 0.3) is 5.65 Å². The number of nitrogens with zero attached hydrogens (tertiary/aromatic N) is 5. The first-order chi connectivity index (χ1) is 15.5. The molecule has 9 nitrogen and oxygen atoms in total. The lowest BCUT2D eigenvalue weighted by Crippen LogP contribution is -2.49. The molecule has 0 spiro atoms. The molecule has 1 saturated heterocycles. The standard InChI is InChI=1S/C23H25N5O4/c29-22-18(23(30)27(15-17-8-9-17)21-7-3-4-10-26(21)22)16-24-11-13-25(14-12-24)19-5-1-2-6-20(19)28(31)32/h1-7,10,17H,8-9,11-16H2. The second kappa shape index (κ2) is 8.23. The van der Waals surface area contributed by atoms with Crippen LogP contribution in [0.15, 0.2) is 53.5 Å². The minimum Gasteiger partial charge on any atom is -0.842 e. The minimum atomic E-state index is -0.361. The zero-order valence-corrected chi connectivity index (χ0v) is 17.7. The Kier molecular flexibility index (Phi) is 5.26. The molecule has 5 rings (SSSR count). The van der Waals surface area contributed by atoms with E-state index in [1.807, 2.05) is 17.0 Å². The molecule has 0 bridgehead atoms. The van der Waals surface area contributed by atoms with Gasteiger partial charge in [-0.15, -0.1) is 0 Å². The van der Waals surface area contributed by atoms with Gasteiger partial charge < -0.3 is 10.0 Å². The largest absolute Gasteiger partial charge is 0.842 e. The number of hydrogen-bond acceptors (Lipinski definition) is 6. The average molecular weight is 435 g/mol. The quantitative estimate of drug-likeness (QED) is 0.329. The maximum Gasteiger partial charge on any atom is 0.346 e. The summed E-state index contributed by atoms with van der Waals surface area (Å²) in [7, 11) is 0. The van der Waals surface area contributed by atoms with Gasteiger partial charge in [0.15, 0.2) is 0 Å². The third kappa shape index (κ3) is 3.80. The van der Waals surface area contributed by atoms with E-state index in [9.17, 15) is 20.0 Å². The number of para-hydroxylation sites is 2. The van der Waals surface area contributed by atoms with Crippen molar-refractivity contribution < 1.29 is 14.6 Å². The maximum atomic E-state index is 13.3. The Balaban J connectivity index is 1.38. The van der Waals surface area contributed by atoms with E-state index < -0.39 is 0 Å².